The number of hydrogen-bond acceptors (Lipinski definition) is 6. The summed E-state index contributed by atoms with van der Waals surface area (Å²) < 4.78 is 0. The van der Waals surface area contributed by atoms with Crippen LogP contribution in [0.4, 0.5) is 17.6 Å². The van der Waals surface area contributed by atoms with Crippen LogP contribution in [-0.4, -0.2) is 28.8 Å². The molecule has 1 fully saturated rings. The number of nitrogens with one attached hydrogen (secondary N) is 1. The van der Waals surface area contributed by atoms with Gasteiger partial charge in [0, 0.05) is 42.3 Å². The van der Waals surface area contributed by atoms with Gasteiger partial charge >= 0.3 is 0 Å². The summed E-state index contributed by atoms with van der Waals surface area (Å²) in [6.07, 6.45) is 4.90. The van der Waals surface area contributed by atoms with Crippen LogP contribution in [0.25, 0.3) is 0 Å². The molecule has 2 aliphatic heterocycles. The second kappa shape index (κ2) is 8.15. The number of carbonyl (C=O) groups excluding carboxylic acids is 1. The van der Waals surface area contributed by atoms with Crippen LogP contribution in [0.1, 0.15) is 88.3 Å². The first-order valence-electron chi connectivity index (χ1n) is 12.3. The number of carbonyl (C=O) groups is 1. The molecule has 0 bridgehead atoms. The molecule has 1 unspecified atom stereocenters. The summed E-state index contributed by atoms with van der Waals surface area (Å²) in [5, 5.41) is 3.54. The summed E-state index contributed by atoms with van der Waals surface area (Å²) in [4.78, 5) is 25.4. The van der Waals surface area contributed by atoms with Gasteiger partial charge in [-0.1, -0.05) is 52.0 Å². The van der Waals surface area contributed by atoms with Gasteiger partial charge < -0.3 is 16.0 Å². The van der Waals surface area contributed by atoms with E-state index >= 15 is 0 Å². The molecule has 1 atom stereocenters. The Balaban J connectivity index is 1.65. The summed E-state index contributed by atoms with van der Waals surface area (Å²) in [6.45, 7) is 10.6. The van der Waals surface area contributed by atoms with Gasteiger partial charge in [0.05, 0.1) is 0 Å². The minimum atomic E-state index is -0.239. The fourth-order valence-electron chi connectivity index (χ4n) is 5.56. The highest BCUT2D eigenvalue weighted by Gasteiger charge is 2.42. The lowest BCUT2D eigenvalue weighted by atomic mass is 9.69. The van der Waals surface area contributed by atoms with Crippen molar-refractivity contribution in [3.8, 4) is 0 Å². The number of ketones is 1. The third-order valence-corrected chi connectivity index (χ3v) is 7.31. The largest absolute Gasteiger partial charge is 0.383 e. The third kappa shape index (κ3) is 4.00. The minimum Gasteiger partial charge on any atom is -0.383 e. The number of fused-ring (bicyclic) bond motifs is 1. The molecule has 2 aromatic rings. The van der Waals surface area contributed by atoms with E-state index in [0.29, 0.717) is 24.1 Å². The Hall–Kier alpha value is -2.89. The summed E-state index contributed by atoms with van der Waals surface area (Å²) in [7, 11) is 0. The maximum absolute atomic E-state index is 13.5. The van der Waals surface area contributed by atoms with Crippen molar-refractivity contribution in [1.82, 2.24) is 9.97 Å². The van der Waals surface area contributed by atoms with E-state index < -0.39 is 0 Å². The van der Waals surface area contributed by atoms with Crippen molar-refractivity contribution in [1.29, 1.82) is 0 Å². The molecule has 0 saturated carbocycles. The molecule has 0 spiro atoms. The molecular formula is C27H35N5O. The number of nitrogens with zero attached hydrogens (tertiary/aromatic N) is 3. The zero-order valence-corrected chi connectivity index (χ0v) is 20.2. The lowest BCUT2D eigenvalue weighted by molar-refractivity contribution is -0.118. The van der Waals surface area contributed by atoms with Gasteiger partial charge in [0.15, 0.2) is 5.78 Å². The van der Waals surface area contributed by atoms with Crippen LogP contribution in [0.3, 0.4) is 0 Å². The highest BCUT2D eigenvalue weighted by Crippen LogP contribution is 2.50. The fraction of sp³-hybridized carbons (Fsp3) is 0.519. The Labute approximate surface area is 196 Å². The fourth-order valence-corrected chi connectivity index (χ4v) is 5.56. The Kier molecular flexibility index (Phi) is 5.42. The first-order chi connectivity index (χ1) is 15.7. The Morgan fingerprint density at radius 2 is 1.76 bits per heavy atom. The molecule has 33 heavy (non-hydrogen) atoms. The van der Waals surface area contributed by atoms with Crippen LogP contribution in [-0.2, 0) is 4.79 Å². The summed E-state index contributed by atoms with van der Waals surface area (Å²) >= 11 is 0. The van der Waals surface area contributed by atoms with Gasteiger partial charge in [-0.3, -0.25) is 4.79 Å². The highest BCUT2D eigenvalue weighted by molar-refractivity contribution is 6.02. The second-order valence-corrected chi connectivity index (χ2v) is 10.9. The van der Waals surface area contributed by atoms with Crippen LogP contribution in [0, 0.1) is 5.41 Å². The van der Waals surface area contributed by atoms with E-state index in [9.17, 15) is 4.79 Å². The van der Waals surface area contributed by atoms with Gasteiger partial charge in [-0.15, -0.1) is 0 Å². The van der Waals surface area contributed by atoms with Crippen molar-refractivity contribution in [3.63, 3.8) is 0 Å². The average Bonchev–Trinajstić information content (AvgIpc) is 2.77. The number of piperidine rings is 1. The van der Waals surface area contributed by atoms with Crippen molar-refractivity contribution in [3.05, 3.63) is 52.2 Å². The number of rotatable bonds is 3. The number of nitrogens with two attached hydrogens (primary N) is 1. The van der Waals surface area contributed by atoms with Crippen LogP contribution in [0.15, 0.2) is 35.5 Å². The first-order valence-corrected chi connectivity index (χ1v) is 12.3. The number of anilines is 3. The van der Waals surface area contributed by atoms with Gasteiger partial charge in [-0.25, -0.2) is 0 Å². The van der Waals surface area contributed by atoms with E-state index in [0.717, 1.165) is 60.6 Å². The zero-order chi connectivity index (χ0) is 23.3. The van der Waals surface area contributed by atoms with Crippen LogP contribution < -0.4 is 16.0 Å². The number of allylic oxidation sites excluding steroid dienone is 2. The molecule has 1 aromatic carbocycles. The van der Waals surface area contributed by atoms with Gasteiger partial charge in [-0.05, 0) is 48.1 Å². The van der Waals surface area contributed by atoms with Gasteiger partial charge in [0.2, 0.25) is 5.95 Å². The number of hydrogen-bond donors (Lipinski definition) is 2. The van der Waals surface area contributed by atoms with Crippen molar-refractivity contribution in [2.24, 2.45) is 5.41 Å². The number of nitrogen functional groups attached to an aromatic ring is 1. The first kappa shape index (κ1) is 21.9. The van der Waals surface area contributed by atoms with Crippen molar-refractivity contribution in [2.45, 2.75) is 71.6 Å². The quantitative estimate of drug-likeness (QED) is 0.660. The minimum absolute atomic E-state index is 0.0826. The van der Waals surface area contributed by atoms with Crippen LogP contribution in [0.2, 0.25) is 0 Å². The van der Waals surface area contributed by atoms with Crippen molar-refractivity contribution < 1.29 is 4.79 Å². The normalized spacial score (nSPS) is 22.2. The Bertz CT molecular complexity index is 1110. The molecule has 0 radical (unpaired) electrons. The predicted molar refractivity (Wildman–Crippen MR) is 134 cm³/mol. The molecule has 1 aliphatic carbocycles. The van der Waals surface area contributed by atoms with Crippen LogP contribution in [0.5, 0.6) is 0 Å². The summed E-state index contributed by atoms with van der Waals surface area (Å²) in [5.41, 5.74) is 11.6. The molecule has 6 heteroatoms. The average molecular weight is 446 g/mol. The highest BCUT2D eigenvalue weighted by atomic mass is 16.1. The molecule has 3 heterocycles. The van der Waals surface area contributed by atoms with E-state index in [-0.39, 0.29) is 17.1 Å². The van der Waals surface area contributed by atoms with E-state index in [1.165, 1.54) is 12.0 Å². The molecule has 6 nitrogen and oxygen atoms in total. The molecule has 174 valence electrons. The summed E-state index contributed by atoms with van der Waals surface area (Å²) in [6, 6.07) is 8.62. The molecule has 1 aromatic heterocycles. The Morgan fingerprint density at radius 1 is 1.06 bits per heavy atom. The molecule has 5 rings (SSSR count). The SMILES string of the molecule is CC(C)c1ccc(C2C3=C(CC(C)(C)CC3=O)Nc3nc(N4CCCCC4)nc(N)c32)cc1. The third-order valence-electron chi connectivity index (χ3n) is 7.31. The van der Waals surface area contributed by atoms with Crippen LogP contribution >= 0.6 is 0 Å². The van der Waals surface area contributed by atoms with Gasteiger partial charge in [0.25, 0.3) is 0 Å². The number of benzene rings is 1. The second-order valence-electron chi connectivity index (χ2n) is 10.9. The predicted octanol–water partition coefficient (Wildman–Crippen LogP) is 5.37. The standard InChI is InChI=1S/C27H35N5O/c1-16(2)17-8-10-18(11-9-17)21-22-19(14-27(3,4)15-20(22)33)29-25-23(21)24(28)30-26(31-25)32-12-6-5-7-13-32/h8-11,16,21H,5-7,12-15H2,1-4H3,(H3,28,29,30,31). The summed E-state index contributed by atoms with van der Waals surface area (Å²) in [5.74, 6) is 2.32. The van der Waals surface area contributed by atoms with E-state index in [1.807, 2.05) is 0 Å². The molecule has 1 saturated heterocycles. The van der Waals surface area contributed by atoms with E-state index in [2.05, 4.69) is 62.2 Å². The maximum atomic E-state index is 13.5. The van der Waals surface area contributed by atoms with E-state index in [4.69, 9.17) is 15.7 Å². The lowest BCUT2D eigenvalue weighted by Crippen LogP contribution is -2.36. The molecule has 0 amide bonds. The zero-order valence-electron chi connectivity index (χ0n) is 20.2. The topological polar surface area (TPSA) is 84.1 Å². The van der Waals surface area contributed by atoms with Gasteiger partial charge in [0.1, 0.15) is 11.6 Å². The molecule has 3 N–H and O–H groups in total. The molecule has 3 aliphatic rings. The Morgan fingerprint density at radius 3 is 2.42 bits per heavy atom. The molecular weight excluding hydrogens is 410 g/mol. The monoisotopic (exact) mass is 445 g/mol. The smallest absolute Gasteiger partial charge is 0.229 e. The lowest BCUT2D eigenvalue weighted by Gasteiger charge is -2.39. The van der Waals surface area contributed by atoms with E-state index in [1.54, 1.807) is 0 Å². The maximum Gasteiger partial charge on any atom is 0.229 e. The van der Waals surface area contributed by atoms with Crippen molar-refractivity contribution >= 4 is 23.4 Å². The van der Waals surface area contributed by atoms with Gasteiger partial charge in [-0.2, -0.15) is 9.97 Å². The number of aromatic nitrogens is 2. The number of Topliss-reactive ketones (excluding diaryl/α,β-unsaturated/α-hetero) is 1. The van der Waals surface area contributed by atoms with Crippen molar-refractivity contribution in [2.75, 3.05) is 29.0 Å².